The summed E-state index contributed by atoms with van der Waals surface area (Å²) in [7, 11) is 0. The molecule has 5 N–H and O–H groups in total. The van der Waals surface area contributed by atoms with E-state index in [0.717, 1.165) is 6.07 Å². The van der Waals surface area contributed by atoms with Crippen molar-refractivity contribution >= 4 is 46.3 Å². The predicted octanol–water partition coefficient (Wildman–Crippen LogP) is 4.34. The van der Waals surface area contributed by atoms with E-state index in [0.29, 0.717) is 17.1 Å². The minimum absolute atomic E-state index is 0.0109. The van der Waals surface area contributed by atoms with E-state index < -0.39 is 23.1 Å². The second-order valence-corrected chi connectivity index (χ2v) is 10.7. The molecule has 0 aliphatic carbocycles. The number of nitrogen functional groups attached to an aromatic ring is 1. The highest BCUT2D eigenvalue weighted by atomic mass is 35.5. The van der Waals surface area contributed by atoms with Crippen molar-refractivity contribution in [3.63, 3.8) is 0 Å². The van der Waals surface area contributed by atoms with Crippen LogP contribution in [0.5, 0.6) is 0 Å². The van der Waals surface area contributed by atoms with Crippen LogP contribution in [-0.2, 0) is 13.1 Å². The molecule has 6 rings (SSSR count). The van der Waals surface area contributed by atoms with Gasteiger partial charge >= 0.3 is 0 Å². The van der Waals surface area contributed by atoms with Gasteiger partial charge in [-0.25, -0.2) is 18.1 Å². The summed E-state index contributed by atoms with van der Waals surface area (Å²) >= 11 is 11.0. The molecule has 0 atom stereocenters. The first-order valence-electron chi connectivity index (χ1n) is 14.0. The summed E-state index contributed by atoms with van der Waals surface area (Å²) < 4.78 is 28.8. The minimum atomic E-state index is -0.742. The Labute approximate surface area is 285 Å². The van der Waals surface area contributed by atoms with Gasteiger partial charge in [0.15, 0.2) is 17.4 Å². The van der Waals surface area contributed by atoms with Gasteiger partial charge in [0, 0.05) is 43.8 Å². The summed E-state index contributed by atoms with van der Waals surface area (Å²) in [5.74, 6) is -2.12. The molecule has 18 heteroatoms. The van der Waals surface area contributed by atoms with Gasteiger partial charge in [0.1, 0.15) is 11.4 Å². The Balaban J connectivity index is 0.000000185. The lowest BCUT2D eigenvalue weighted by molar-refractivity contribution is 0.100. The van der Waals surface area contributed by atoms with Crippen LogP contribution < -0.4 is 22.2 Å². The normalized spacial score (nSPS) is 10.3. The number of nitrogens with zero attached hydrogens (tertiary/aromatic N) is 6. The highest BCUT2D eigenvalue weighted by molar-refractivity contribution is 6.31. The number of nitrogens with one attached hydrogen (secondary N) is 3. The maximum absolute atomic E-state index is 13.8. The maximum Gasteiger partial charge on any atom is 0.273 e. The number of amides is 1. The van der Waals surface area contributed by atoms with Gasteiger partial charge in [-0.2, -0.15) is 0 Å². The van der Waals surface area contributed by atoms with Crippen LogP contribution in [0.4, 0.5) is 20.2 Å². The number of carbonyl (C=O) groups is 2. The zero-order chi connectivity index (χ0) is 35.5. The first-order valence-corrected chi connectivity index (χ1v) is 14.7. The summed E-state index contributed by atoms with van der Waals surface area (Å²) in [6.07, 6.45) is 9.20. The average Bonchev–Trinajstić information content (AvgIpc) is 3.65. The Morgan fingerprint density at radius 1 is 0.796 bits per heavy atom. The number of anilines is 2. The Bertz CT molecular complexity index is 2150. The van der Waals surface area contributed by atoms with Gasteiger partial charge in [-0.1, -0.05) is 35.3 Å². The van der Waals surface area contributed by atoms with Crippen molar-refractivity contribution < 1.29 is 18.4 Å². The second kappa shape index (κ2) is 16.7. The van der Waals surface area contributed by atoms with Crippen LogP contribution in [0.2, 0.25) is 10.0 Å². The molecule has 4 aromatic heterocycles. The van der Waals surface area contributed by atoms with Crippen molar-refractivity contribution in [3.05, 3.63) is 151 Å². The Morgan fingerprint density at radius 3 is 1.78 bits per heavy atom. The number of nitrogens with two attached hydrogens (primary N) is 1. The molecule has 4 heterocycles. The Hall–Kier alpha value is -6.00. The predicted molar refractivity (Wildman–Crippen MR) is 178 cm³/mol. The van der Waals surface area contributed by atoms with E-state index in [1.165, 1.54) is 71.3 Å². The number of benzene rings is 2. The lowest BCUT2D eigenvalue weighted by atomic mass is 10.3. The molecule has 0 bridgehead atoms. The van der Waals surface area contributed by atoms with Gasteiger partial charge in [-0.05, 0) is 24.3 Å². The molecule has 252 valence electrons. The van der Waals surface area contributed by atoms with Crippen molar-refractivity contribution in [1.29, 1.82) is 0 Å². The highest BCUT2D eigenvalue weighted by Crippen LogP contribution is 2.22. The molecule has 0 radical (unpaired) electrons. The molecular formula is C31H26Cl2F2N10O4. The third-order valence-electron chi connectivity index (χ3n) is 6.26. The number of rotatable bonds is 7. The lowest BCUT2D eigenvalue weighted by Gasteiger charge is -2.06. The van der Waals surface area contributed by atoms with Crippen LogP contribution >= 0.6 is 23.2 Å². The average molecular weight is 712 g/mol. The summed E-state index contributed by atoms with van der Waals surface area (Å²) in [6, 6.07) is 11.1. The number of aromatic amines is 2. The number of halogens is 4. The number of aromatic nitrogens is 8. The van der Waals surface area contributed by atoms with Gasteiger partial charge in [-0.3, -0.25) is 49.3 Å². The summed E-state index contributed by atoms with van der Waals surface area (Å²) in [5.41, 5.74) is 5.99. The van der Waals surface area contributed by atoms with Crippen LogP contribution in [0.15, 0.2) is 95.3 Å². The third kappa shape index (κ3) is 9.99. The highest BCUT2D eigenvalue weighted by Gasteiger charge is 2.15. The van der Waals surface area contributed by atoms with E-state index in [4.69, 9.17) is 28.9 Å². The van der Waals surface area contributed by atoms with Crippen LogP contribution in [0.3, 0.4) is 0 Å². The zero-order valence-electron chi connectivity index (χ0n) is 25.4. The minimum Gasteiger partial charge on any atom is -0.396 e. The molecule has 14 nitrogen and oxygen atoms in total. The fraction of sp³-hybridized carbons (Fsp3) is 0.0968. The first kappa shape index (κ1) is 35.8. The molecule has 6 aromatic rings. The van der Waals surface area contributed by atoms with Gasteiger partial charge in [-0.15, -0.1) is 0 Å². The second-order valence-electron chi connectivity index (χ2n) is 9.84. The molecule has 2 aromatic carbocycles. The molecule has 0 aliphatic rings. The summed E-state index contributed by atoms with van der Waals surface area (Å²) in [4.78, 5) is 62.5. The van der Waals surface area contributed by atoms with E-state index in [-0.39, 0.29) is 51.5 Å². The number of ketones is 1. The number of H-pyrrole nitrogens is 2. The molecule has 0 spiro atoms. The van der Waals surface area contributed by atoms with E-state index in [9.17, 15) is 28.0 Å². The van der Waals surface area contributed by atoms with Gasteiger partial charge in [0.05, 0.1) is 58.3 Å². The van der Waals surface area contributed by atoms with Crippen LogP contribution in [0.1, 0.15) is 39.3 Å². The summed E-state index contributed by atoms with van der Waals surface area (Å²) in [5, 5.41) is 7.69. The van der Waals surface area contributed by atoms with Crippen molar-refractivity contribution in [3.8, 4) is 0 Å². The first-order chi connectivity index (χ1) is 23.4. The molecule has 0 aliphatic heterocycles. The van der Waals surface area contributed by atoms with Gasteiger partial charge in [0.2, 0.25) is 0 Å². The van der Waals surface area contributed by atoms with Gasteiger partial charge in [0.25, 0.3) is 17.0 Å². The SMILES string of the molecule is CC(=O)c1cc(=O)n(Cc2cnccn2)[nH]1.Nc1cccc(Cl)c1F.O=C(Nc1cccc(Cl)c1F)c1cc(=O)n(Cc2cnccn2)[nH]1. The molecular weight excluding hydrogens is 685 g/mol. The monoisotopic (exact) mass is 710 g/mol. The zero-order valence-corrected chi connectivity index (χ0v) is 26.9. The number of hydrogen-bond acceptors (Lipinski definition) is 9. The Kier molecular flexibility index (Phi) is 12.2. The number of hydrogen-bond donors (Lipinski definition) is 4. The summed E-state index contributed by atoms with van der Waals surface area (Å²) in [6.45, 7) is 1.81. The molecule has 1 amide bonds. The molecule has 0 fully saturated rings. The number of Topliss-reactive ketones (excluding diaryl/α,β-unsaturated/α-hetero) is 1. The van der Waals surface area contributed by atoms with Crippen LogP contribution in [-0.4, -0.2) is 51.2 Å². The molecule has 0 saturated heterocycles. The third-order valence-corrected chi connectivity index (χ3v) is 6.84. The van der Waals surface area contributed by atoms with Crippen LogP contribution in [0, 0.1) is 11.6 Å². The van der Waals surface area contributed by atoms with Crippen molar-refractivity contribution in [2.45, 2.75) is 20.0 Å². The molecule has 0 unspecified atom stereocenters. The largest absolute Gasteiger partial charge is 0.396 e. The Morgan fingerprint density at radius 2 is 1.31 bits per heavy atom. The number of carbonyl (C=O) groups excluding carboxylic acids is 2. The topological polar surface area (TPSA) is 199 Å². The quantitative estimate of drug-likeness (QED) is 0.137. The molecule has 0 saturated carbocycles. The van der Waals surface area contributed by atoms with E-state index in [2.05, 4.69) is 35.5 Å². The smallest absolute Gasteiger partial charge is 0.273 e. The fourth-order valence-corrected chi connectivity index (χ4v) is 4.21. The van der Waals surface area contributed by atoms with Crippen molar-refractivity contribution in [2.75, 3.05) is 11.1 Å². The van der Waals surface area contributed by atoms with E-state index in [1.54, 1.807) is 24.7 Å². The molecule has 49 heavy (non-hydrogen) atoms. The van der Waals surface area contributed by atoms with E-state index >= 15 is 0 Å². The fourth-order valence-electron chi connectivity index (χ4n) is 3.86. The van der Waals surface area contributed by atoms with Crippen molar-refractivity contribution in [2.24, 2.45) is 0 Å². The standard InChI is InChI=1S/C15H11ClFN5O2.C10H10N4O2.C6H5ClFN/c16-10-2-1-3-11(14(10)17)20-15(24)12-6-13(23)22(21-12)8-9-7-18-4-5-19-9;1-7(15)9-4-10(16)14(13-9)6-8-5-11-2-3-12-8;7-4-2-1-3-5(9)6(4)8/h1-7,21H,8H2,(H,20,24);2-5,13H,6H2,1H3;1-3H,9H2. The lowest BCUT2D eigenvalue weighted by Crippen LogP contribution is -2.17. The van der Waals surface area contributed by atoms with Crippen LogP contribution in [0.25, 0.3) is 0 Å². The van der Waals surface area contributed by atoms with Gasteiger partial charge < -0.3 is 11.1 Å². The van der Waals surface area contributed by atoms with Crippen molar-refractivity contribution in [1.82, 2.24) is 39.5 Å². The maximum atomic E-state index is 13.8. The van der Waals surface area contributed by atoms with E-state index in [1.807, 2.05) is 0 Å².